The van der Waals surface area contributed by atoms with Crippen LogP contribution in [0.15, 0.2) is 35.2 Å². The lowest BCUT2D eigenvalue weighted by molar-refractivity contribution is 0.402. The third-order valence-corrected chi connectivity index (χ3v) is 9.09. The molecule has 1 aromatic heterocycles. The van der Waals surface area contributed by atoms with Gasteiger partial charge in [-0.25, -0.2) is 18.1 Å². The van der Waals surface area contributed by atoms with Crippen LogP contribution >= 0.6 is 11.3 Å². The monoisotopic (exact) mass is 443 g/mol. The van der Waals surface area contributed by atoms with Crippen LogP contribution in [0.2, 0.25) is 0 Å². The molecule has 2 heterocycles. The van der Waals surface area contributed by atoms with Crippen molar-refractivity contribution in [3.05, 3.63) is 52.6 Å². The quantitative estimate of drug-likeness (QED) is 0.619. The van der Waals surface area contributed by atoms with Gasteiger partial charge in [0.1, 0.15) is 0 Å². The van der Waals surface area contributed by atoms with E-state index in [1.165, 1.54) is 4.70 Å². The maximum Gasteiger partial charge on any atom is 0.241 e. The number of aromatic nitrogens is 1. The highest BCUT2D eigenvalue weighted by Crippen LogP contribution is 2.31. The Morgan fingerprint density at radius 1 is 1.07 bits per heavy atom. The number of benzene rings is 2. The maximum atomic E-state index is 13.1. The van der Waals surface area contributed by atoms with Crippen LogP contribution in [0.25, 0.3) is 10.2 Å². The summed E-state index contributed by atoms with van der Waals surface area (Å²) in [5.74, 6) is 0.344. The Balaban J connectivity index is 1.40. The van der Waals surface area contributed by atoms with Crippen molar-refractivity contribution < 1.29 is 8.42 Å². The van der Waals surface area contributed by atoms with Crippen molar-refractivity contribution in [1.29, 1.82) is 0 Å². The lowest BCUT2D eigenvalue weighted by Crippen LogP contribution is -2.39. The molecule has 1 aliphatic rings. The minimum Gasteiger partial charge on any atom is -0.348 e. The molecule has 1 fully saturated rings. The zero-order chi connectivity index (χ0) is 21.5. The molecule has 3 aromatic rings. The number of nitrogens with zero attached hydrogens (tertiary/aromatic N) is 2. The van der Waals surface area contributed by atoms with E-state index in [-0.39, 0.29) is 0 Å². The van der Waals surface area contributed by atoms with Crippen molar-refractivity contribution in [2.24, 2.45) is 5.92 Å². The molecule has 0 atom stereocenters. The highest BCUT2D eigenvalue weighted by Gasteiger charge is 2.26. The normalized spacial score (nSPS) is 15.8. The number of anilines is 1. The van der Waals surface area contributed by atoms with Gasteiger partial charge in [0, 0.05) is 19.6 Å². The maximum absolute atomic E-state index is 13.1. The van der Waals surface area contributed by atoms with E-state index >= 15 is 0 Å². The molecule has 0 saturated carbocycles. The molecule has 0 unspecified atom stereocenters. The van der Waals surface area contributed by atoms with Crippen molar-refractivity contribution >= 4 is 36.7 Å². The Bertz CT molecular complexity index is 1120. The average Bonchev–Trinajstić information content (AvgIpc) is 3.15. The fourth-order valence-corrected chi connectivity index (χ4v) is 6.95. The van der Waals surface area contributed by atoms with Gasteiger partial charge in [-0.15, -0.1) is 0 Å². The Morgan fingerprint density at radius 3 is 2.33 bits per heavy atom. The summed E-state index contributed by atoms with van der Waals surface area (Å²) in [6, 6.07) is 10.3. The average molecular weight is 444 g/mol. The zero-order valence-electron chi connectivity index (χ0n) is 18.0. The Morgan fingerprint density at radius 2 is 1.70 bits per heavy atom. The Hall–Kier alpha value is -1.96. The Labute approximate surface area is 183 Å². The summed E-state index contributed by atoms with van der Waals surface area (Å²) >= 11 is 1.73. The second kappa shape index (κ2) is 8.29. The van der Waals surface area contributed by atoms with Gasteiger partial charge in [0.25, 0.3) is 0 Å². The van der Waals surface area contributed by atoms with Gasteiger partial charge in [-0.05, 0) is 80.8 Å². The van der Waals surface area contributed by atoms with Crippen molar-refractivity contribution in [1.82, 2.24) is 9.71 Å². The molecule has 0 bridgehead atoms. The molecule has 0 amide bonds. The SMILES string of the molecule is Cc1cc(C)c(C)c(S(=O)(=O)NCC2CCN(c3nc4ccccc4s3)CC2)c1C. The summed E-state index contributed by atoms with van der Waals surface area (Å²) in [6.45, 7) is 10.0. The molecule has 160 valence electrons. The van der Waals surface area contributed by atoms with Crippen LogP contribution in [0.4, 0.5) is 5.13 Å². The van der Waals surface area contributed by atoms with E-state index in [1.807, 2.05) is 45.9 Å². The second-order valence-electron chi connectivity index (χ2n) is 8.34. The van der Waals surface area contributed by atoms with E-state index in [0.29, 0.717) is 17.4 Å². The summed E-state index contributed by atoms with van der Waals surface area (Å²) < 4.78 is 30.3. The largest absolute Gasteiger partial charge is 0.348 e. The molecular weight excluding hydrogens is 414 g/mol. The van der Waals surface area contributed by atoms with Crippen molar-refractivity contribution in [3.63, 3.8) is 0 Å². The highest BCUT2D eigenvalue weighted by molar-refractivity contribution is 7.89. The molecule has 1 aliphatic heterocycles. The third-order valence-electron chi connectivity index (χ3n) is 6.30. The molecule has 0 spiro atoms. The van der Waals surface area contributed by atoms with Crippen LogP contribution in [-0.4, -0.2) is 33.0 Å². The number of thiazole rings is 1. The number of fused-ring (bicyclic) bond motifs is 1. The minimum absolute atomic E-state index is 0.344. The topological polar surface area (TPSA) is 62.3 Å². The molecule has 5 nitrogen and oxygen atoms in total. The van der Waals surface area contributed by atoms with E-state index in [4.69, 9.17) is 4.98 Å². The summed E-state index contributed by atoms with van der Waals surface area (Å²) in [5.41, 5.74) is 4.77. The fraction of sp³-hybridized carbons (Fsp3) is 0.435. The number of sulfonamides is 1. The van der Waals surface area contributed by atoms with Crippen LogP contribution in [0.3, 0.4) is 0 Å². The molecular formula is C23H29N3O2S2. The van der Waals surface area contributed by atoms with Crippen LogP contribution in [0.5, 0.6) is 0 Å². The standard InChI is InChI=1S/C23H29N3O2S2/c1-15-13-16(2)18(4)22(17(15)3)30(27,28)24-14-19-9-11-26(12-10-19)23-25-20-7-5-6-8-21(20)29-23/h5-8,13,19,24H,9-12,14H2,1-4H3. The van der Waals surface area contributed by atoms with Crippen LogP contribution in [0.1, 0.15) is 35.1 Å². The fourth-order valence-electron chi connectivity index (χ4n) is 4.21. The number of hydrogen-bond donors (Lipinski definition) is 1. The van der Waals surface area contributed by atoms with Crippen LogP contribution < -0.4 is 9.62 Å². The molecule has 1 saturated heterocycles. The molecule has 7 heteroatoms. The summed E-state index contributed by atoms with van der Waals surface area (Å²) in [6.07, 6.45) is 1.92. The first kappa shape index (κ1) is 21.3. The van der Waals surface area contributed by atoms with Gasteiger partial charge in [-0.3, -0.25) is 0 Å². The van der Waals surface area contributed by atoms with Gasteiger partial charge in [0.15, 0.2) is 5.13 Å². The number of rotatable bonds is 5. The summed E-state index contributed by atoms with van der Waals surface area (Å²) in [4.78, 5) is 7.53. The highest BCUT2D eigenvalue weighted by atomic mass is 32.2. The van der Waals surface area contributed by atoms with E-state index in [1.54, 1.807) is 11.3 Å². The Kier molecular flexibility index (Phi) is 5.88. The van der Waals surface area contributed by atoms with Gasteiger partial charge < -0.3 is 4.90 Å². The first-order valence-corrected chi connectivity index (χ1v) is 12.7. The van der Waals surface area contributed by atoms with E-state index < -0.39 is 10.0 Å². The molecule has 0 aliphatic carbocycles. The van der Waals surface area contributed by atoms with E-state index in [0.717, 1.165) is 58.8 Å². The third kappa shape index (κ3) is 4.11. The molecule has 30 heavy (non-hydrogen) atoms. The summed E-state index contributed by atoms with van der Waals surface area (Å²) in [5, 5.41) is 1.07. The second-order valence-corrected chi connectivity index (χ2v) is 11.0. The number of nitrogens with one attached hydrogen (secondary N) is 1. The minimum atomic E-state index is -3.52. The first-order chi connectivity index (χ1) is 14.3. The van der Waals surface area contributed by atoms with Crippen molar-refractivity contribution in [2.75, 3.05) is 24.5 Å². The van der Waals surface area contributed by atoms with Crippen LogP contribution in [0, 0.1) is 33.6 Å². The van der Waals surface area contributed by atoms with E-state index in [9.17, 15) is 8.42 Å². The number of piperidine rings is 1. The zero-order valence-corrected chi connectivity index (χ0v) is 19.7. The molecule has 4 rings (SSSR count). The number of aryl methyl sites for hydroxylation is 2. The lowest BCUT2D eigenvalue weighted by Gasteiger charge is -2.31. The first-order valence-electron chi connectivity index (χ1n) is 10.4. The van der Waals surface area contributed by atoms with Gasteiger partial charge >= 0.3 is 0 Å². The van der Waals surface area contributed by atoms with Gasteiger partial charge in [-0.1, -0.05) is 29.5 Å². The van der Waals surface area contributed by atoms with Gasteiger partial charge in [0.2, 0.25) is 10.0 Å². The van der Waals surface area contributed by atoms with Crippen molar-refractivity contribution in [2.45, 2.75) is 45.4 Å². The molecule has 2 aromatic carbocycles. The predicted molar refractivity (Wildman–Crippen MR) is 125 cm³/mol. The van der Waals surface area contributed by atoms with E-state index in [2.05, 4.69) is 21.8 Å². The van der Waals surface area contributed by atoms with Crippen molar-refractivity contribution in [3.8, 4) is 0 Å². The smallest absolute Gasteiger partial charge is 0.241 e. The van der Waals surface area contributed by atoms with Crippen LogP contribution in [-0.2, 0) is 10.0 Å². The molecule has 1 N–H and O–H groups in total. The number of para-hydroxylation sites is 1. The predicted octanol–water partition coefficient (Wildman–Crippen LogP) is 4.72. The van der Waals surface area contributed by atoms with Gasteiger partial charge in [0.05, 0.1) is 15.1 Å². The summed E-state index contributed by atoms with van der Waals surface area (Å²) in [7, 11) is -3.52. The number of hydrogen-bond acceptors (Lipinski definition) is 5. The van der Waals surface area contributed by atoms with Gasteiger partial charge in [-0.2, -0.15) is 0 Å². The lowest BCUT2D eigenvalue weighted by atomic mass is 9.97. The molecule has 0 radical (unpaired) electrons.